The number of nitrogens with one attached hydrogen (secondary N) is 1. The molecule has 1 N–H and O–H groups in total. The minimum Gasteiger partial charge on any atom is -0.309 e. The second-order valence-corrected chi connectivity index (χ2v) is 8.33. The van der Waals surface area contributed by atoms with Crippen molar-refractivity contribution in [1.29, 1.82) is 0 Å². The van der Waals surface area contributed by atoms with E-state index in [9.17, 15) is 4.79 Å². The minimum absolute atomic E-state index is 0.195. The molecule has 0 aliphatic carbocycles. The van der Waals surface area contributed by atoms with Crippen molar-refractivity contribution in [1.82, 2.24) is 15.0 Å². The van der Waals surface area contributed by atoms with E-state index in [2.05, 4.69) is 27.2 Å². The Morgan fingerprint density at radius 2 is 1.96 bits per heavy atom. The maximum absolute atomic E-state index is 12.3. The fourth-order valence-corrected chi connectivity index (χ4v) is 4.51. The van der Waals surface area contributed by atoms with Gasteiger partial charge in [-0.3, -0.25) is 4.79 Å². The first-order valence-electron chi connectivity index (χ1n) is 7.32. The van der Waals surface area contributed by atoms with E-state index in [4.69, 9.17) is 23.2 Å². The van der Waals surface area contributed by atoms with Gasteiger partial charge in [0.1, 0.15) is 16.2 Å². The summed E-state index contributed by atoms with van der Waals surface area (Å²) >= 11 is 15.1. The molecule has 3 heterocycles. The van der Waals surface area contributed by atoms with E-state index in [1.165, 1.54) is 29.2 Å². The standard InChI is InChI=1S/C16H14Cl2N4OS2/c1-7-9(3)25-16-12(7)15(20-6-21-16)24-5-11(23)22-14-13(18)8(2)10(17)4-19-14/h4,6H,5H2,1-3H3,(H,19,22,23). The van der Waals surface area contributed by atoms with Gasteiger partial charge in [0.25, 0.3) is 0 Å². The molecule has 0 aromatic carbocycles. The lowest BCUT2D eigenvalue weighted by Gasteiger charge is -2.09. The van der Waals surface area contributed by atoms with E-state index >= 15 is 0 Å². The number of pyridine rings is 1. The number of carbonyl (C=O) groups is 1. The molecule has 0 fully saturated rings. The third-order valence-corrected chi connectivity index (χ3v) is 6.68. The van der Waals surface area contributed by atoms with Crippen LogP contribution in [0.1, 0.15) is 16.0 Å². The summed E-state index contributed by atoms with van der Waals surface area (Å²) in [6, 6.07) is 0. The van der Waals surface area contributed by atoms with E-state index in [1.54, 1.807) is 18.3 Å². The van der Waals surface area contributed by atoms with Gasteiger partial charge in [-0.05, 0) is 31.9 Å². The van der Waals surface area contributed by atoms with Crippen LogP contribution < -0.4 is 5.32 Å². The molecule has 5 nitrogen and oxygen atoms in total. The number of fused-ring (bicyclic) bond motifs is 1. The molecular weight excluding hydrogens is 399 g/mol. The molecule has 0 aliphatic heterocycles. The van der Waals surface area contributed by atoms with Crippen molar-refractivity contribution < 1.29 is 4.79 Å². The monoisotopic (exact) mass is 412 g/mol. The van der Waals surface area contributed by atoms with Crippen molar-refractivity contribution in [2.45, 2.75) is 25.8 Å². The fourth-order valence-electron chi connectivity index (χ4n) is 2.21. The number of thioether (sulfide) groups is 1. The Kier molecular flexibility index (Phi) is 5.48. The molecule has 0 radical (unpaired) electrons. The van der Waals surface area contributed by atoms with Crippen molar-refractivity contribution in [2.75, 3.05) is 11.1 Å². The number of rotatable bonds is 4. The number of amides is 1. The van der Waals surface area contributed by atoms with Crippen LogP contribution in [0.2, 0.25) is 10.0 Å². The van der Waals surface area contributed by atoms with Crippen molar-refractivity contribution in [2.24, 2.45) is 0 Å². The molecule has 130 valence electrons. The molecule has 1 amide bonds. The van der Waals surface area contributed by atoms with E-state index in [-0.39, 0.29) is 11.7 Å². The zero-order valence-corrected chi connectivity index (χ0v) is 16.8. The molecule has 25 heavy (non-hydrogen) atoms. The third kappa shape index (κ3) is 3.74. The number of aromatic nitrogens is 3. The number of halogens is 2. The molecule has 3 aromatic heterocycles. The Morgan fingerprint density at radius 1 is 1.20 bits per heavy atom. The predicted molar refractivity (Wildman–Crippen MR) is 105 cm³/mol. The van der Waals surface area contributed by atoms with Crippen LogP contribution in [0.3, 0.4) is 0 Å². The van der Waals surface area contributed by atoms with Crippen LogP contribution in [0.15, 0.2) is 17.6 Å². The molecule has 0 atom stereocenters. The Morgan fingerprint density at radius 3 is 2.72 bits per heavy atom. The quantitative estimate of drug-likeness (QED) is 0.479. The fraction of sp³-hybridized carbons (Fsp3) is 0.250. The number of carbonyl (C=O) groups excluding carboxylic acids is 1. The molecule has 0 saturated carbocycles. The second-order valence-electron chi connectivity index (χ2n) is 5.37. The number of hydrogen-bond acceptors (Lipinski definition) is 6. The van der Waals surface area contributed by atoms with Gasteiger partial charge in [0.15, 0.2) is 5.82 Å². The lowest BCUT2D eigenvalue weighted by atomic mass is 10.2. The van der Waals surface area contributed by atoms with E-state index < -0.39 is 0 Å². The Hall–Kier alpha value is -1.41. The number of aryl methyl sites for hydroxylation is 2. The average molecular weight is 413 g/mol. The largest absolute Gasteiger partial charge is 0.309 e. The topological polar surface area (TPSA) is 67.8 Å². The van der Waals surface area contributed by atoms with Crippen molar-refractivity contribution >= 4 is 68.2 Å². The van der Waals surface area contributed by atoms with Gasteiger partial charge in [0.2, 0.25) is 5.91 Å². The highest BCUT2D eigenvalue weighted by atomic mass is 35.5. The van der Waals surface area contributed by atoms with Crippen LogP contribution in [0, 0.1) is 20.8 Å². The molecule has 3 aromatic rings. The molecule has 0 spiro atoms. The zero-order valence-electron chi connectivity index (χ0n) is 13.7. The van der Waals surface area contributed by atoms with Gasteiger partial charge in [-0.2, -0.15) is 0 Å². The van der Waals surface area contributed by atoms with Crippen molar-refractivity contribution in [3.8, 4) is 0 Å². The van der Waals surface area contributed by atoms with Gasteiger partial charge < -0.3 is 5.32 Å². The van der Waals surface area contributed by atoms with Gasteiger partial charge in [-0.1, -0.05) is 35.0 Å². The first-order chi connectivity index (χ1) is 11.9. The molecule has 0 saturated heterocycles. The third-order valence-electron chi connectivity index (χ3n) is 3.73. The van der Waals surface area contributed by atoms with Gasteiger partial charge >= 0.3 is 0 Å². The summed E-state index contributed by atoms with van der Waals surface area (Å²) in [5.41, 5.74) is 1.84. The lowest BCUT2D eigenvalue weighted by Crippen LogP contribution is -2.15. The number of hydrogen-bond donors (Lipinski definition) is 1. The maximum atomic E-state index is 12.3. The summed E-state index contributed by atoms with van der Waals surface area (Å²) in [4.78, 5) is 27.1. The molecule has 0 unspecified atom stereocenters. The number of anilines is 1. The summed E-state index contributed by atoms with van der Waals surface area (Å²) in [7, 11) is 0. The second kappa shape index (κ2) is 7.45. The van der Waals surface area contributed by atoms with Gasteiger partial charge in [-0.25, -0.2) is 15.0 Å². The van der Waals surface area contributed by atoms with Crippen LogP contribution in [-0.4, -0.2) is 26.6 Å². The Labute approximate surface area is 163 Å². The molecule has 9 heteroatoms. The van der Waals surface area contributed by atoms with Gasteiger partial charge in [0.05, 0.1) is 15.8 Å². The summed E-state index contributed by atoms with van der Waals surface area (Å²) in [6.45, 7) is 5.87. The Balaban J connectivity index is 1.74. The lowest BCUT2D eigenvalue weighted by molar-refractivity contribution is -0.113. The SMILES string of the molecule is Cc1sc2ncnc(SCC(=O)Nc3ncc(Cl)c(C)c3Cl)c2c1C. The molecule has 0 aliphatic rings. The highest BCUT2D eigenvalue weighted by molar-refractivity contribution is 8.00. The van der Waals surface area contributed by atoms with Gasteiger partial charge in [-0.15, -0.1) is 11.3 Å². The summed E-state index contributed by atoms with van der Waals surface area (Å²) < 4.78 is 0. The summed E-state index contributed by atoms with van der Waals surface area (Å²) in [5, 5.41) is 5.34. The normalized spacial score (nSPS) is 11.1. The first kappa shape index (κ1) is 18.4. The summed E-state index contributed by atoms with van der Waals surface area (Å²) in [5.74, 6) is 0.294. The zero-order chi connectivity index (χ0) is 18.1. The van der Waals surface area contributed by atoms with Crippen molar-refractivity contribution in [3.63, 3.8) is 0 Å². The van der Waals surface area contributed by atoms with Crippen LogP contribution >= 0.6 is 46.3 Å². The highest BCUT2D eigenvalue weighted by Gasteiger charge is 2.15. The predicted octanol–water partition coefficient (Wildman–Crippen LogP) is 5.05. The van der Waals surface area contributed by atoms with Gasteiger partial charge in [0, 0.05) is 16.5 Å². The average Bonchev–Trinajstić information content (AvgIpc) is 2.88. The van der Waals surface area contributed by atoms with Crippen LogP contribution in [-0.2, 0) is 4.79 Å². The van der Waals surface area contributed by atoms with E-state index in [0.717, 1.165) is 20.8 Å². The Bertz CT molecular complexity index is 974. The van der Waals surface area contributed by atoms with Crippen LogP contribution in [0.4, 0.5) is 5.82 Å². The number of nitrogens with zero attached hydrogens (tertiary/aromatic N) is 3. The molecule has 0 bridgehead atoms. The summed E-state index contributed by atoms with van der Waals surface area (Å²) in [6.07, 6.45) is 3.00. The van der Waals surface area contributed by atoms with Crippen molar-refractivity contribution in [3.05, 3.63) is 38.6 Å². The smallest absolute Gasteiger partial charge is 0.235 e. The minimum atomic E-state index is -0.211. The maximum Gasteiger partial charge on any atom is 0.235 e. The van der Waals surface area contributed by atoms with Crippen LogP contribution in [0.25, 0.3) is 10.2 Å². The van der Waals surface area contributed by atoms with Crippen LogP contribution in [0.5, 0.6) is 0 Å². The number of thiophene rings is 1. The molecular formula is C16H14Cl2N4OS2. The first-order valence-corrected chi connectivity index (χ1v) is 9.88. The molecule has 3 rings (SSSR count). The van der Waals surface area contributed by atoms with E-state index in [1.807, 2.05) is 6.92 Å². The highest BCUT2D eigenvalue weighted by Crippen LogP contribution is 2.34. The van der Waals surface area contributed by atoms with E-state index in [0.29, 0.717) is 21.4 Å².